The number of rotatable bonds is 6. The highest BCUT2D eigenvalue weighted by Crippen LogP contribution is 2.15. The van der Waals surface area contributed by atoms with E-state index in [-0.39, 0.29) is 6.61 Å². The van der Waals surface area contributed by atoms with Gasteiger partial charge in [-0.05, 0) is 22.9 Å². The van der Waals surface area contributed by atoms with Crippen LogP contribution in [-0.2, 0) is 20.0 Å². The summed E-state index contributed by atoms with van der Waals surface area (Å²) in [6.45, 7) is 0.474. The van der Waals surface area contributed by atoms with Crippen LogP contribution in [-0.4, -0.2) is 47.5 Å². The number of aliphatic hydroxyl groups is 1. The van der Waals surface area contributed by atoms with Crippen molar-refractivity contribution in [3.8, 4) is 0 Å². The highest BCUT2D eigenvalue weighted by atomic mass is 32.2. The van der Waals surface area contributed by atoms with E-state index in [0.717, 1.165) is 17.3 Å². The zero-order valence-corrected chi connectivity index (χ0v) is 10.3. The monoisotopic (exact) mass is 254 g/mol. The summed E-state index contributed by atoms with van der Waals surface area (Å²) in [6, 6.07) is 2.00. The average molecular weight is 254 g/mol. The molecule has 0 spiro atoms. The third-order valence-corrected chi connectivity index (χ3v) is 3.28. The lowest BCUT2D eigenvalue weighted by Crippen LogP contribution is -2.06. The molecule has 0 fully saturated rings. The Labute approximate surface area is 103 Å². The summed E-state index contributed by atoms with van der Waals surface area (Å²) in [5, 5.41) is 25.0. The highest BCUT2D eigenvalue weighted by Gasteiger charge is 2.06. The second kappa shape index (κ2) is 5.78. The van der Waals surface area contributed by atoms with E-state index in [9.17, 15) is 0 Å². The Hall–Kier alpha value is -1.41. The largest absolute Gasteiger partial charge is 0.394 e. The normalized spacial score (nSPS) is 10.9. The Morgan fingerprint density at radius 3 is 3.06 bits per heavy atom. The maximum atomic E-state index is 8.84. The molecule has 0 atom stereocenters. The molecule has 0 aliphatic rings. The maximum absolute atomic E-state index is 8.84. The van der Waals surface area contributed by atoms with Crippen LogP contribution in [0.15, 0.2) is 17.4 Å². The van der Waals surface area contributed by atoms with Gasteiger partial charge in [0.15, 0.2) is 0 Å². The van der Waals surface area contributed by atoms with Gasteiger partial charge in [-0.3, -0.25) is 4.68 Å². The first-order chi connectivity index (χ1) is 8.31. The highest BCUT2D eigenvalue weighted by molar-refractivity contribution is 7.99. The zero-order valence-electron chi connectivity index (χ0n) is 9.52. The van der Waals surface area contributed by atoms with E-state index in [1.807, 2.05) is 17.8 Å². The van der Waals surface area contributed by atoms with Crippen LogP contribution in [0.2, 0.25) is 0 Å². The quantitative estimate of drug-likeness (QED) is 0.715. The van der Waals surface area contributed by atoms with Crippen molar-refractivity contribution in [1.82, 2.24) is 30.0 Å². The molecular weight excluding hydrogens is 240 g/mol. The van der Waals surface area contributed by atoms with Gasteiger partial charge in [0, 0.05) is 24.7 Å². The molecule has 2 aromatic heterocycles. The summed E-state index contributed by atoms with van der Waals surface area (Å²) in [5.74, 6) is 0.880. The fraction of sp³-hybridized carbons (Fsp3) is 0.556. The van der Waals surface area contributed by atoms with Crippen molar-refractivity contribution in [2.45, 2.75) is 18.1 Å². The van der Waals surface area contributed by atoms with Crippen molar-refractivity contribution in [2.75, 3.05) is 12.4 Å². The van der Waals surface area contributed by atoms with Crippen LogP contribution in [0.1, 0.15) is 5.69 Å². The van der Waals surface area contributed by atoms with Crippen molar-refractivity contribution in [3.05, 3.63) is 18.0 Å². The Morgan fingerprint density at radius 2 is 2.35 bits per heavy atom. The molecule has 0 unspecified atom stereocenters. The second-order valence-corrected chi connectivity index (χ2v) is 4.51. The van der Waals surface area contributed by atoms with Crippen LogP contribution < -0.4 is 0 Å². The molecule has 0 bridgehead atoms. The number of thioether (sulfide) groups is 1. The minimum Gasteiger partial charge on any atom is -0.394 e. The molecule has 2 aromatic rings. The first-order valence-electron chi connectivity index (χ1n) is 5.28. The summed E-state index contributed by atoms with van der Waals surface area (Å²) in [5.41, 5.74) is 1.18. The fourth-order valence-electron chi connectivity index (χ4n) is 1.43. The van der Waals surface area contributed by atoms with E-state index in [0.29, 0.717) is 6.54 Å². The summed E-state index contributed by atoms with van der Waals surface area (Å²) in [4.78, 5) is 0. The predicted octanol–water partition coefficient (Wildman–Crippen LogP) is -0.266. The topological polar surface area (TPSA) is 81.7 Å². The van der Waals surface area contributed by atoms with E-state index >= 15 is 0 Å². The molecule has 0 aliphatic carbocycles. The number of aliphatic hydroxyl groups excluding tert-OH is 1. The SMILES string of the molecule is Cn1nccc1CCSc1nnnn1CCO. The van der Waals surface area contributed by atoms with Gasteiger partial charge in [-0.25, -0.2) is 4.68 Å². The molecule has 2 heterocycles. The van der Waals surface area contributed by atoms with Crippen molar-refractivity contribution in [3.63, 3.8) is 0 Å². The van der Waals surface area contributed by atoms with Gasteiger partial charge in [0.25, 0.3) is 0 Å². The number of aryl methyl sites for hydroxylation is 2. The maximum Gasteiger partial charge on any atom is 0.209 e. The van der Waals surface area contributed by atoms with Crippen molar-refractivity contribution < 1.29 is 5.11 Å². The van der Waals surface area contributed by atoms with Gasteiger partial charge >= 0.3 is 0 Å². The predicted molar refractivity (Wildman–Crippen MR) is 62.5 cm³/mol. The molecule has 92 valence electrons. The lowest BCUT2D eigenvalue weighted by atomic mass is 10.3. The molecule has 0 saturated carbocycles. The van der Waals surface area contributed by atoms with Crippen molar-refractivity contribution >= 4 is 11.8 Å². The van der Waals surface area contributed by atoms with Gasteiger partial charge in [-0.1, -0.05) is 11.8 Å². The van der Waals surface area contributed by atoms with Gasteiger partial charge in [0.1, 0.15) is 0 Å². The zero-order chi connectivity index (χ0) is 12.1. The molecule has 0 radical (unpaired) electrons. The van der Waals surface area contributed by atoms with Crippen LogP contribution in [0.25, 0.3) is 0 Å². The minimum absolute atomic E-state index is 0.0420. The van der Waals surface area contributed by atoms with Crippen LogP contribution >= 0.6 is 11.8 Å². The van der Waals surface area contributed by atoms with Gasteiger partial charge < -0.3 is 5.11 Å². The van der Waals surface area contributed by atoms with Crippen LogP contribution in [0, 0.1) is 0 Å². The molecule has 2 rings (SSSR count). The first-order valence-corrected chi connectivity index (χ1v) is 6.26. The Morgan fingerprint density at radius 1 is 1.47 bits per heavy atom. The third kappa shape index (κ3) is 3.04. The summed E-state index contributed by atoms with van der Waals surface area (Å²) >= 11 is 1.58. The lowest BCUT2D eigenvalue weighted by molar-refractivity contribution is 0.262. The van der Waals surface area contributed by atoms with E-state index in [2.05, 4.69) is 20.6 Å². The minimum atomic E-state index is 0.0420. The number of hydrogen-bond acceptors (Lipinski definition) is 6. The van der Waals surface area contributed by atoms with Gasteiger partial charge in [-0.15, -0.1) is 5.10 Å². The Kier molecular flexibility index (Phi) is 4.10. The first kappa shape index (κ1) is 12.1. The number of nitrogens with zero attached hydrogens (tertiary/aromatic N) is 6. The molecule has 0 saturated heterocycles. The number of hydrogen-bond donors (Lipinski definition) is 1. The third-order valence-electron chi connectivity index (χ3n) is 2.32. The average Bonchev–Trinajstić information content (AvgIpc) is 2.90. The number of tetrazole rings is 1. The Balaban J connectivity index is 1.86. The summed E-state index contributed by atoms with van der Waals surface area (Å²) in [6.07, 6.45) is 2.70. The van der Waals surface area contributed by atoms with Gasteiger partial charge in [0.2, 0.25) is 5.16 Å². The molecule has 17 heavy (non-hydrogen) atoms. The van der Waals surface area contributed by atoms with E-state index < -0.39 is 0 Å². The molecule has 0 aromatic carbocycles. The summed E-state index contributed by atoms with van der Waals surface area (Å²) < 4.78 is 3.46. The number of aromatic nitrogens is 6. The molecule has 7 nitrogen and oxygen atoms in total. The van der Waals surface area contributed by atoms with E-state index in [1.165, 1.54) is 5.69 Å². The fourth-order valence-corrected chi connectivity index (χ4v) is 2.29. The standard InChI is InChI=1S/C9H14N6OS/c1-14-8(2-4-10-14)3-7-17-9-11-12-13-15(9)5-6-16/h2,4,16H,3,5-7H2,1H3. The van der Waals surface area contributed by atoms with Crippen LogP contribution in [0.5, 0.6) is 0 Å². The second-order valence-electron chi connectivity index (χ2n) is 3.45. The van der Waals surface area contributed by atoms with Crippen LogP contribution in [0.4, 0.5) is 0 Å². The molecular formula is C9H14N6OS. The molecule has 8 heteroatoms. The van der Waals surface area contributed by atoms with E-state index in [1.54, 1.807) is 22.6 Å². The van der Waals surface area contributed by atoms with Crippen molar-refractivity contribution in [2.24, 2.45) is 7.05 Å². The smallest absolute Gasteiger partial charge is 0.209 e. The van der Waals surface area contributed by atoms with Gasteiger partial charge in [0.05, 0.1) is 13.2 Å². The van der Waals surface area contributed by atoms with Gasteiger partial charge in [-0.2, -0.15) is 5.10 Å². The molecule has 1 N–H and O–H groups in total. The Bertz CT molecular complexity index is 468. The van der Waals surface area contributed by atoms with Crippen molar-refractivity contribution in [1.29, 1.82) is 0 Å². The molecule has 0 aliphatic heterocycles. The summed E-state index contributed by atoms with van der Waals surface area (Å²) in [7, 11) is 1.93. The van der Waals surface area contributed by atoms with Crippen LogP contribution in [0.3, 0.4) is 0 Å². The molecule has 0 amide bonds. The van der Waals surface area contributed by atoms with E-state index in [4.69, 9.17) is 5.11 Å². The lowest BCUT2D eigenvalue weighted by Gasteiger charge is -2.02.